The highest BCUT2D eigenvalue weighted by atomic mass is 19.1. The lowest BCUT2D eigenvalue weighted by atomic mass is 9.82. The van der Waals surface area contributed by atoms with Gasteiger partial charge in [0.25, 0.3) is 0 Å². The number of benzene rings is 1. The minimum Gasteiger partial charge on any atom is -0.480 e. The van der Waals surface area contributed by atoms with Gasteiger partial charge in [-0.05, 0) is 48.7 Å². The standard InChI is InChI=1S/C19H19FN4O4/c1-10(12-3-2-4-13(20)9-12)23-19(28)24-16(18(26)27)14(17(24)25)7-11-5-6-22-15(21)8-11/h2-6,8-10,14,16H,7H2,1H3,(H2,21,22)(H,23,28)(H,26,27)/t10-,14-,16+/m1/s1. The second-order valence-electron chi connectivity index (χ2n) is 6.62. The fraction of sp³-hybridized carbons (Fsp3) is 0.263. The average molecular weight is 386 g/mol. The molecule has 0 radical (unpaired) electrons. The van der Waals surface area contributed by atoms with Gasteiger partial charge < -0.3 is 16.2 Å². The zero-order chi connectivity index (χ0) is 20.4. The Labute approximate surface area is 160 Å². The maximum Gasteiger partial charge on any atom is 0.327 e. The number of carboxylic acids is 1. The Bertz CT molecular complexity index is 936. The number of nitrogens with two attached hydrogens (primary N) is 1. The Kier molecular flexibility index (Phi) is 5.25. The molecule has 3 rings (SSSR count). The summed E-state index contributed by atoms with van der Waals surface area (Å²) >= 11 is 0. The Morgan fingerprint density at radius 3 is 2.75 bits per heavy atom. The third-order valence-corrected chi connectivity index (χ3v) is 4.68. The van der Waals surface area contributed by atoms with Crippen molar-refractivity contribution in [3.8, 4) is 0 Å². The van der Waals surface area contributed by atoms with Gasteiger partial charge in [0.15, 0.2) is 6.04 Å². The number of anilines is 1. The van der Waals surface area contributed by atoms with E-state index in [0.29, 0.717) is 16.0 Å². The van der Waals surface area contributed by atoms with Gasteiger partial charge in [0.1, 0.15) is 11.6 Å². The van der Waals surface area contributed by atoms with Crippen LogP contribution in [0.25, 0.3) is 0 Å². The molecule has 1 aliphatic rings. The summed E-state index contributed by atoms with van der Waals surface area (Å²) in [5, 5.41) is 12.0. The first-order valence-electron chi connectivity index (χ1n) is 8.60. The number of carbonyl (C=O) groups excluding carboxylic acids is 2. The van der Waals surface area contributed by atoms with Crippen molar-refractivity contribution >= 4 is 23.7 Å². The smallest absolute Gasteiger partial charge is 0.327 e. The van der Waals surface area contributed by atoms with Crippen LogP contribution in [0.4, 0.5) is 15.0 Å². The van der Waals surface area contributed by atoms with Crippen LogP contribution in [0, 0.1) is 11.7 Å². The summed E-state index contributed by atoms with van der Waals surface area (Å²) in [5.41, 5.74) is 6.76. The van der Waals surface area contributed by atoms with Crippen molar-refractivity contribution in [2.24, 2.45) is 5.92 Å². The van der Waals surface area contributed by atoms with Crippen LogP contribution in [0.2, 0.25) is 0 Å². The van der Waals surface area contributed by atoms with Crippen molar-refractivity contribution in [3.05, 3.63) is 59.5 Å². The first kappa shape index (κ1) is 19.3. The van der Waals surface area contributed by atoms with E-state index in [1.807, 2.05) is 0 Å². The summed E-state index contributed by atoms with van der Waals surface area (Å²) < 4.78 is 13.3. The summed E-state index contributed by atoms with van der Waals surface area (Å²) in [4.78, 5) is 41.1. The van der Waals surface area contributed by atoms with Gasteiger partial charge in [-0.25, -0.2) is 23.9 Å². The quantitative estimate of drug-likeness (QED) is 0.672. The lowest BCUT2D eigenvalue weighted by molar-refractivity contribution is -0.165. The second kappa shape index (κ2) is 7.63. The number of aliphatic carboxylic acids is 1. The van der Waals surface area contributed by atoms with Gasteiger partial charge >= 0.3 is 12.0 Å². The Hall–Kier alpha value is -3.49. The molecule has 1 fully saturated rings. The van der Waals surface area contributed by atoms with E-state index in [2.05, 4.69) is 10.3 Å². The molecule has 2 aromatic rings. The lowest BCUT2D eigenvalue weighted by Gasteiger charge is -2.43. The maximum atomic E-state index is 13.3. The van der Waals surface area contributed by atoms with Crippen LogP contribution in [0.15, 0.2) is 42.6 Å². The number of likely N-dealkylation sites (tertiary alicyclic amines) is 1. The largest absolute Gasteiger partial charge is 0.480 e. The average Bonchev–Trinajstić information content (AvgIpc) is 2.63. The molecule has 1 saturated heterocycles. The molecule has 2 heterocycles. The number of carbonyl (C=O) groups is 3. The number of halogens is 1. The van der Waals surface area contributed by atoms with E-state index in [-0.39, 0.29) is 12.2 Å². The number of amides is 3. The molecule has 8 nitrogen and oxygen atoms in total. The minimum absolute atomic E-state index is 0.131. The molecule has 0 unspecified atom stereocenters. The number of hydrogen-bond donors (Lipinski definition) is 3. The molecule has 0 bridgehead atoms. The van der Waals surface area contributed by atoms with Crippen LogP contribution in [0.3, 0.4) is 0 Å². The summed E-state index contributed by atoms with van der Waals surface area (Å²) in [5.74, 6) is -2.95. The van der Waals surface area contributed by atoms with Crippen LogP contribution in [-0.4, -0.2) is 38.9 Å². The lowest BCUT2D eigenvalue weighted by Crippen LogP contribution is -2.68. The molecule has 4 N–H and O–H groups in total. The zero-order valence-electron chi connectivity index (χ0n) is 15.0. The van der Waals surface area contributed by atoms with Crippen LogP contribution in [0.5, 0.6) is 0 Å². The van der Waals surface area contributed by atoms with Gasteiger partial charge in [0, 0.05) is 6.20 Å². The molecule has 3 amide bonds. The number of nitrogens with zero attached hydrogens (tertiary/aromatic N) is 2. The molecule has 0 spiro atoms. The first-order valence-corrected chi connectivity index (χ1v) is 8.60. The van der Waals surface area contributed by atoms with Gasteiger partial charge in [-0.3, -0.25) is 4.79 Å². The van der Waals surface area contributed by atoms with Gasteiger partial charge in [-0.2, -0.15) is 0 Å². The highest BCUT2D eigenvalue weighted by Gasteiger charge is 2.54. The number of rotatable bonds is 5. The summed E-state index contributed by atoms with van der Waals surface area (Å²) in [6.07, 6.45) is 1.60. The molecule has 3 atom stereocenters. The highest BCUT2D eigenvalue weighted by molar-refractivity contribution is 6.07. The van der Waals surface area contributed by atoms with E-state index in [4.69, 9.17) is 5.73 Å². The van der Waals surface area contributed by atoms with E-state index in [1.54, 1.807) is 25.1 Å². The number of hydrogen-bond acceptors (Lipinski definition) is 5. The first-order chi connectivity index (χ1) is 13.3. The van der Waals surface area contributed by atoms with Crippen LogP contribution in [0.1, 0.15) is 24.1 Å². The topological polar surface area (TPSA) is 126 Å². The molecular weight excluding hydrogens is 367 g/mol. The van der Waals surface area contributed by atoms with Crippen molar-refractivity contribution < 1.29 is 23.9 Å². The van der Waals surface area contributed by atoms with E-state index in [0.717, 1.165) is 0 Å². The molecule has 146 valence electrons. The third-order valence-electron chi connectivity index (χ3n) is 4.68. The van der Waals surface area contributed by atoms with Gasteiger partial charge in [-0.15, -0.1) is 0 Å². The zero-order valence-corrected chi connectivity index (χ0v) is 15.0. The monoisotopic (exact) mass is 386 g/mol. The fourth-order valence-electron chi connectivity index (χ4n) is 3.25. The van der Waals surface area contributed by atoms with Crippen molar-refractivity contribution in [2.75, 3.05) is 5.73 Å². The predicted molar refractivity (Wildman–Crippen MR) is 97.5 cm³/mol. The number of nitrogens with one attached hydrogen (secondary N) is 1. The van der Waals surface area contributed by atoms with Crippen molar-refractivity contribution in [1.29, 1.82) is 0 Å². The molecule has 0 aliphatic carbocycles. The number of urea groups is 1. The SMILES string of the molecule is C[C@@H](NC(=O)N1C(=O)[C@H](Cc2ccnc(N)c2)[C@H]1C(=O)O)c1cccc(F)c1. The van der Waals surface area contributed by atoms with Crippen LogP contribution >= 0.6 is 0 Å². The van der Waals surface area contributed by atoms with Crippen molar-refractivity contribution in [1.82, 2.24) is 15.2 Å². The Balaban J connectivity index is 1.71. The number of aromatic nitrogens is 1. The molecule has 1 aliphatic heterocycles. The van der Waals surface area contributed by atoms with E-state index in [1.165, 1.54) is 24.4 Å². The molecule has 0 saturated carbocycles. The fourth-order valence-corrected chi connectivity index (χ4v) is 3.25. The number of pyridine rings is 1. The maximum absolute atomic E-state index is 13.3. The van der Waals surface area contributed by atoms with E-state index >= 15 is 0 Å². The second-order valence-corrected chi connectivity index (χ2v) is 6.62. The number of imide groups is 1. The van der Waals surface area contributed by atoms with Crippen LogP contribution < -0.4 is 11.1 Å². The van der Waals surface area contributed by atoms with Crippen LogP contribution in [-0.2, 0) is 16.0 Å². The van der Waals surface area contributed by atoms with Gasteiger partial charge in [0.05, 0.1) is 12.0 Å². The number of β-lactam (4-membered cyclic amide) rings is 1. The molecule has 1 aromatic carbocycles. The molecular formula is C19H19FN4O4. The van der Waals surface area contributed by atoms with Gasteiger partial charge in [0.2, 0.25) is 5.91 Å². The van der Waals surface area contributed by atoms with Crippen molar-refractivity contribution in [2.45, 2.75) is 25.4 Å². The van der Waals surface area contributed by atoms with E-state index in [9.17, 15) is 23.9 Å². The number of nitrogen functional groups attached to an aromatic ring is 1. The Morgan fingerprint density at radius 2 is 2.11 bits per heavy atom. The normalized spacial score (nSPS) is 19.6. The van der Waals surface area contributed by atoms with E-state index < -0.39 is 41.7 Å². The molecule has 1 aromatic heterocycles. The number of carboxylic acid groups (broad SMARTS) is 1. The predicted octanol–water partition coefficient (Wildman–Crippen LogP) is 1.73. The molecule has 28 heavy (non-hydrogen) atoms. The summed E-state index contributed by atoms with van der Waals surface area (Å²) in [6.45, 7) is 1.62. The van der Waals surface area contributed by atoms with Crippen molar-refractivity contribution in [3.63, 3.8) is 0 Å². The molecule has 9 heteroatoms. The third kappa shape index (κ3) is 3.78. The van der Waals surface area contributed by atoms with Gasteiger partial charge in [-0.1, -0.05) is 12.1 Å². The highest BCUT2D eigenvalue weighted by Crippen LogP contribution is 2.31. The summed E-state index contributed by atoms with van der Waals surface area (Å²) in [7, 11) is 0. The Morgan fingerprint density at radius 1 is 1.36 bits per heavy atom. The minimum atomic E-state index is -1.29. The summed E-state index contributed by atoms with van der Waals surface area (Å²) in [6, 6.07) is 6.11.